The van der Waals surface area contributed by atoms with Gasteiger partial charge in [-0.15, -0.1) is 0 Å². The lowest BCUT2D eigenvalue weighted by atomic mass is 10.1. The normalized spacial score (nSPS) is 12.0. The first-order chi connectivity index (χ1) is 10.6. The Labute approximate surface area is 131 Å². The number of carbonyl (C=O) groups excluding carboxylic acids is 1. The van der Waals surface area contributed by atoms with E-state index < -0.39 is 6.10 Å². The highest BCUT2D eigenvalue weighted by Crippen LogP contribution is 2.17. The fourth-order valence-corrected chi connectivity index (χ4v) is 2.08. The van der Waals surface area contributed by atoms with E-state index in [1.54, 1.807) is 19.4 Å². The molecule has 22 heavy (non-hydrogen) atoms. The number of rotatable bonds is 7. The number of nitrogens with zero attached hydrogens (tertiary/aromatic N) is 2. The summed E-state index contributed by atoms with van der Waals surface area (Å²) in [6.45, 7) is 7.31. The number of aromatic nitrogens is 2. The Balaban J connectivity index is 1.73. The van der Waals surface area contributed by atoms with Crippen LogP contribution in [0.5, 0.6) is 5.75 Å². The predicted molar refractivity (Wildman–Crippen MR) is 85.9 cm³/mol. The first-order valence-corrected chi connectivity index (χ1v) is 7.53. The second kappa shape index (κ2) is 7.64. The minimum Gasteiger partial charge on any atom is -0.481 e. The van der Waals surface area contributed by atoms with Gasteiger partial charge in [0, 0.05) is 25.5 Å². The Kier molecular flexibility index (Phi) is 5.58. The number of hydrogen-bond acceptors (Lipinski definition) is 3. The van der Waals surface area contributed by atoms with E-state index >= 15 is 0 Å². The maximum atomic E-state index is 12.0. The lowest BCUT2D eigenvalue weighted by Gasteiger charge is -2.15. The zero-order chi connectivity index (χ0) is 15.9. The van der Waals surface area contributed by atoms with Gasteiger partial charge in [-0.2, -0.15) is 0 Å². The number of nitrogens with one attached hydrogen (secondary N) is 1. The van der Waals surface area contributed by atoms with Crippen LogP contribution in [0.3, 0.4) is 0 Å². The molecule has 0 aliphatic heterocycles. The molecule has 2 aromatic rings. The highest BCUT2D eigenvalue weighted by molar-refractivity contribution is 5.80. The van der Waals surface area contributed by atoms with Crippen molar-refractivity contribution in [3.05, 3.63) is 48.0 Å². The largest absolute Gasteiger partial charge is 0.481 e. The van der Waals surface area contributed by atoms with Gasteiger partial charge in [-0.1, -0.05) is 6.07 Å². The molecule has 5 nitrogen and oxygen atoms in total. The molecule has 118 valence electrons. The van der Waals surface area contributed by atoms with Crippen molar-refractivity contribution in [1.29, 1.82) is 0 Å². The molecule has 1 aromatic carbocycles. The third kappa shape index (κ3) is 4.62. The van der Waals surface area contributed by atoms with Crippen LogP contribution >= 0.6 is 0 Å². The summed E-state index contributed by atoms with van der Waals surface area (Å²) >= 11 is 0. The SMILES string of the molecule is Cc1ccc(OC(C)C(=O)NCCCn2ccnc2)cc1C. The second-order valence-corrected chi connectivity index (χ2v) is 5.45. The molecule has 0 aliphatic carbocycles. The fraction of sp³-hybridized carbons (Fsp3) is 0.412. The minimum atomic E-state index is -0.504. The third-order valence-corrected chi connectivity index (χ3v) is 3.61. The zero-order valence-corrected chi connectivity index (χ0v) is 13.4. The first kappa shape index (κ1) is 16.1. The summed E-state index contributed by atoms with van der Waals surface area (Å²) in [6, 6.07) is 5.85. The van der Waals surface area contributed by atoms with Crippen molar-refractivity contribution in [2.75, 3.05) is 6.54 Å². The van der Waals surface area contributed by atoms with Gasteiger partial charge in [0.05, 0.1) is 6.33 Å². The summed E-state index contributed by atoms with van der Waals surface area (Å²) in [5.41, 5.74) is 2.37. The van der Waals surface area contributed by atoms with E-state index in [4.69, 9.17) is 4.74 Å². The van der Waals surface area contributed by atoms with Crippen LogP contribution in [0.2, 0.25) is 0 Å². The Morgan fingerprint density at radius 2 is 2.18 bits per heavy atom. The number of benzene rings is 1. The molecule has 0 saturated heterocycles. The molecule has 0 saturated carbocycles. The maximum Gasteiger partial charge on any atom is 0.260 e. The topological polar surface area (TPSA) is 56.1 Å². The van der Waals surface area contributed by atoms with Crippen molar-refractivity contribution in [1.82, 2.24) is 14.9 Å². The summed E-state index contributed by atoms with van der Waals surface area (Å²) in [5, 5.41) is 2.89. The van der Waals surface area contributed by atoms with Crippen molar-refractivity contribution < 1.29 is 9.53 Å². The fourth-order valence-electron chi connectivity index (χ4n) is 2.08. The Bertz CT molecular complexity index is 608. The summed E-state index contributed by atoms with van der Waals surface area (Å²) in [6.07, 6.45) is 5.78. The summed E-state index contributed by atoms with van der Waals surface area (Å²) < 4.78 is 7.67. The summed E-state index contributed by atoms with van der Waals surface area (Å²) in [4.78, 5) is 16.0. The zero-order valence-electron chi connectivity index (χ0n) is 13.4. The van der Waals surface area contributed by atoms with E-state index in [2.05, 4.69) is 17.2 Å². The van der Waals surface area contributed by atoms with Gasteiger partial charge in [0.15, 0.2) is 6.10 Å². The van der Waals surface area contributed by atoms with Gasteiger partial charge >= 0.3 is 0 Å². The van der Waals surface area contributed by atoms with E-state index in [-0.39, 0.29) is 5.91 Å². The molecule has 1 amide bonds. The smallest absolute Gasteiger partial charge is 0.260 e. The highest BCUT2D eigenvalue weighted by atomic mass is 16.5. The summed E-state index contributed by atoms with van der Waals surface area (Å²) in [7, 11) is 0. The standard InChI is InChI=1S/C17H23N3O2/c1-13-5-6-16(11-14(13)2)22-15(3)17(21)19-7-4-9-20-10-8-18-12-20/h5-6,8,10-12,15H,4,7,9H2,1-3H3,(H,19,21). The van der Waals surface area contributed by atoms with Crippen molar-refractivity contribution in [3.8, 4) is 5.75 Å². The number of amides is 1. The van der Waals surface area contributed by atoms with Crippen LogP contribution in [0, 0.1) is 13.8 Å². The number of ether oxygens (including phenoxy) is 1. The van der Waals surface area contributed by atoms with Gasteiger partial charge in [-0.05, 0) is 50.5 Å². The second-order valence-electron chi connectivity index (χ2n) is 5.45. The van der Waals surface area contributed by atoms with Crippen LogP contribution in [-0.2, 0) is 11.3 Å². The Morgan fingerprint density at radius 1 is 1.36 bits per heavy atom. The van der Waals surface area contributed by atoms with Gasteiger partial charge in [0.25, 0.3) is 5.91 Å². The monoisotopic (exact) mass is 301 g/mol. The lowest BCUT2D eigenvalue weighted by molar-refractivity contribution is -0.127. The minimum absolute atomic E-state index is 0.0936. The quantitative estimate of drug-likeness (QED) is 0.799. The average molecular weight is 301 g/mol. The molecule has 0 aliphatic rings. The Hall–Kier alpha value is -2.30. The van der Waals surface area contributed by atoms with E-state index in [1.165, 1.54) is 5.56 Å². The highest BCUT2D eigenvalue weighted by Gasteiger charge is 2.14. The van der Waals surface area contributed by atoms with E-state index in [1.807, 2.05) is 35.9 Å². The van der Waals surface area contributed by atoms with E-state index in [9.17, 15) is 4.79 Å². The first-order valence-electron chi connectivity index (χ1n) is 7.53. The number of hydrogen-bond donors (Lipinski definition) is 1. The predicted octanol–water partition coefficient (Wildman–Crippen LogP) is 2.47. The number of imidazole rings is 1. The van der Waals surface area contributed by atoms with Crippen molar-refractivity contribution in [2.24, 2.45) is 0 Å². The van der Waals surface area contributed by atoms with Crippen molar-refractivity contribution >= 4 is 5.91 Å². The van der Waals surface area contributed by atoms with Crippen LogP contribution in [0.15, 0.2) is 36.9 Å². The van der Waals surface area contributed by atoms with Gasteiger partial charge in [-0.3, -0.25) is 4.79 Å². The molecule has 1 unspecified atom stereocenters. The van der Waals surface area contributed by atoms with E-state index in [0.717, 1.165) is 24.3 Å². The molecule has 0 fully saturated rings. The van der Waals surface area contributed by atoms with Crippen molar-refractivity contribution in [2.45, 2.75) is 39.8 Å². The molecule has 0 bridgehead atoms. The molecule has 1 heterocycles. The average Bonchev–Trinajstić information content (AvgIpc) is 3.00. The molecule has 1 atom stereocenters. The van der Waals surface area contributed by atoms with Gasteiger partial charge < -0.3 is 14.6 Å². The van der Waals surface area contributed by atoms with Gasteiger partial charge in [-0.25, -0.2) is 4.98 Å². The van der Waals surface area contributed by atoms with Crippen LogP contribution in [0.25, 0.3) is 0 Å². The number of aryl methyl sites for hydroxylation is 3. The molecule has 1 N–H and O–H groups in total. The van der Waals surface area contributed by atoms with Crippen LogP contribution in [-0.4, -0.2) is 28.1 Å². The molecular weight excluding hydrogens is 278 g/mol. The van der Waals surface area contributed by atoms with Gasteiger partial charge in [0.2, 0.25) is 0 Å². The lowest BCUT2D eigenvalue weighted by Crippen LogP contribution is -2.37. The molecule has 0 radical (unpaired) electrons. The van der Waals surface area contributed by atoms with Crippen LogP contribution in [0.4, 0.5) is 0 Å². The molecular formula is C17H23N3O2. The van der Waals surface area contributed by atoms with Crippen molar-refractivity contribution in [3.63, 3.8) is 0 Å². The molecule has 2 rings (SSSR count). The maximum absolute atomic E-state index is 12.0. The Morgan fingerprint density at radius 3 is 2.86 bits per heavy atom. The van der Waals surface area contributed by atoms with Crippen LogP contribution < -0.4 is 10.1 Å². The molecule has 0 spiro atoms. The third-order valence-electron chi connectivity index (χ3n) is 3.61. The summed E-state index contributed by atoms with van der Waals surface area (Å²) in [5.74, 6) is 0.632. The van der Waals surface area contributed by atoms with Crippen LogP contribution in [0.1, 0.15) is 24.5 Å². The number of carbonyl (C=O) groups is 1. The van der Waals surface area contributed by atoms with E-state index in [0.29, 0.717) is 6.54 Å². The van der Waals surface area contributed by atoms with Gasteiger partial charge in [0.1, 0.15) is 5.75 Å². The molecule has 1 aromatic heterocycles. The molecule has 5 heteroatoms.